The van der Waals surface area contributed by atoms with Crippen LogP contribution in [-0.2, 0) is 9.53 Å². The van der Waals surface area contributed by atoms with Crippen molar-refractivity contribution in [3.05, 3.63) is 69.3 Å². The summed E-state index contributed by atoms with van der Waals surface area (Å²) in [6.45, 7) is 8.29. The normalized spacial score (nSPS) is 29.8. The van der Waals surface area contributed by atoms with Crippen LogP contribution >= 0.6 is 11.3 Å². The molecule has 0 aliphatic carbocycles. The molecule has 0 radical (unpaired) electrons. The maximum Gasteiger partial charge on any atom is 0.334 e. The van der Waals surface area contributed by atoms with Gasteiger partial charge >= 0.3 is 5.97 Å². The number of thiazole rings is 1. The van der Waals surface area contributed by atoms with Crippen LogP contribution in [0.3, 0.4) is 0 Å². The maximum absolute atomic E-state index is 13.0. The number of hydrogen-bond donors (Lipinski definition) is 6. The highest BCUT2D eigenvalue weighted by atomic mass is 32.1. The average molecular weight is 578 g/mol. The molecule has 0 saturated carbocycles. The Morgan fingerprint density at radius 3 is 2.58 bits per heavy atom. The summed E-state index contributed by atoms with van der Waals surface area (Å²) in [4.78, 5) is 17.4. The predicted octanol–water partition coefficient (Wildman–Crippen LogP) is 2.79. The first kappa shape index (κ1) is 33.8. The zero-order chi connectivity index (χ0) is 30.0. The monoisotopic (exact) mass is 577 g/mol. The van der Waals surface area contributed by atoms with Gasteiger partial charge in [0.25, 0.3) is 0 Å². The second-order valence-corrected chi connectivity index (χ2v) is 11.2. The van der Waals surface area contributed by atoms with Crippen LogP contribution in [0, 0.1) is 5.92 Å². The lowest BCUT2D eigenvalue weighted by molar-refractivity contribution is -0.158. The lowest BCUT2D eigenvalue weighted by Gasteiger charge is -2.32. The van der Waals surface area contributed by atoms with E-state index in [-0.39, 0.29) is 25.0 Å². The van der Waals surface area contributed by atoms with Crippen LogP contribution in [0.1, 0.15) is 64.1 Å². The number of carbonyl (C=O) groups is 1. The third kappa shape index (κ3) is 9.59. The van der Waals surface area contributed by atoms with Gasteiger partial charge in [-0.25, -0.2) is 9.78 Å². The highest BCUT2D eigenvalue weighted by molar-refractivity contribution is 7.09. The second-order valence-electron chi connectivity index (χ2n) is 10.3. The molecule has 0 spiro atoms. The number of esters is 1. The van der Waals surface area contributed by atoms with Gasteiger partial charge in [-0.3, -0.25) is 0 Å². The summed E-state index contributed by atoms with van der Waals surface area (Å²) in [6.07, 6.45) is 4.33. The molecule has 8 unspecified atom stereocenters. The topological polar surface area (TPSA) is 161 Å². The van der Waals surface area contributed by atoms with E-state index in [0.29, 0.717) is 16.3 Å². The predicted molar refractivity (Wildman–Crippen MR) is 155 cm³/mol. The number of carbonyl (C=O) groups excluding carboxylic acids is 1. The number of allylic oxidation sites excluding steroid dienone is 5. The molecule has 40 heavy (non-hydrogen) atoms. The molecular weight excluding hydrogens is 534 g/mol. The standard InChI is InChI=1S/C30H43NO8S/c1-6-17(2)12-18(3)26(35)20(5)27(36)28(37)25-11-9-7-8-10-22(33)14-24(34)23(15-32)29-31-21(16-40-29)13-19(4)30(38)39-25/h6-10,12-13,16,20,22-28,32-37H,11,14-15H2,1-5H3/b9-7-,10-8+,17-6+,18-12+,19-13+. The smallest absolute Gasteiger partial charge is 0.334 e. The summed E-state index contributed by atoms with van der Waals surface area (Å²) >= 11 is 1.21. The minimum Gasteiger partial charge on any atom is -0.456 e. The number of nitrogens with zero attached hydrogens (tertiary/aromatic N) is 1. The van der Waals surface area contributed by atoms with Crippen molar-refractivity contribution in [2.45, 2.75) is 90.0 Å². The summed E-state index contributed by atoms with van der Waals surface area (Å²) in [6, 6.07) is 0. The van der Waals surface area contributed by atoms with Gasteiger partial charge in [0.05, 0.1) is 42.6 Å². The molecule has 1 aromatic rings. The fourth-order valence-corrected chi connectivity index (χ4v) is 5.23. The molecule has 0 amide bonds. The summed E-state index contributed by atoms with van der Waals surface area (Å²) < 4.78 is 5.62. The van der Waals surface area contributed by atoms with Crippen molar-refractivity contribution in [2.24, 2.45) is 5.92 Å². The number of aromatic nitrogens is 1. The molecule has 0 saturated heterocycles. The largest absolute Gasteiger partial charge is 0.456 e. The van der Waals surface area contributed by atoms with Crippen molar-refractivity contribution < 1.29 is 40.2 Å². The number of rotatable bonds is 7. The molecule has 1 aliphatic rings. The van der Waals surface area contributed by atoms with Crippen molar-refractivity contribution in [2.75, 3.05) is 6.61 Å². The van der Waals surface area contributed by atoms with Crippen molar-refractivity contribution in [1.29, 1.82) is 0 Å². The van der Waals surface area contributed by atoms with Crippen LogP contribution in [0.2, 0.25) is 0 Å². The van der Waals surface area contributed by atoms with Gasteiger partial charge < -0.3 is 35.4 Å². The molecule has 0 aromatic carbocycles. The van der Waals surface area contributed by atoms with Gasteiger partial charge in [0.2, 0.25) is 0 Å². The van der Waals surface area contributed by atoms with Crippen LogP contribution in [0.25, 0.3) is 6.08 Å². The molecule has 10 heteroatoms. The molecule has 2 rings (SSSR count). The van der Waals surface area contributed by atoms with E-state index in [1.807, 2.05) is 19.9 Å². The first-order valence-electron chi connectivity index (χ1n) is 13.4. The van der Waals surface area contributed by atoms with E-state index in [1.54, 1.807) is 43.5 Å². The minimum absolute atomic E-state index is 0.0177. The van der Waals surface area contributed by atoms with Gasteiger partial charge in [-0.1, -0.05) is 49.0 Å². The van der Waals surface area contributed by atoms with E-state index in [9.17, 15) is 35.4 Å². The van der Waals surface area contributed by atoms with E-state index in [2.05, 4.69) is 4.98 Å². The van der Waals surface area contributed by atoms with E-state index in [1.165, 1.54) is 30.4 Å². The number of hydrogen-bond acceptors (Lipinski definition) is 10. The van der Waals surface area contributed by atoms with Gasteiger partial charge in [-0.2, -0.15) is 0 Å². The Hall–Kier alpha value is -2.44. The fraction of sp³-hybridized carbons (Fsp3) is 0.533. The molecule has 222 valence electrons. The van der Waals surface area contributed by atoms with Crippen molar-refractivity contribution >= 4 is 23.4 Å². The number of cyclic esters (lactones) is 1. The fourth-order valence-electron chi connectivity index (χ4n) is 4.30. The van der Waals surface area contributed by atoms with Gasteiger partial charge in [-0.15, -0.1) is 11.3 Å². The van der Waals surface area contributed by atoms with E-state index >= 15 is 0 Å². The van der Waals surface area contributed by atoms with Crippen LogP contribution in [0.15, 0.2) is 58.6 Å². The van der Waals surface area contributed by atoms with E-state index in [0.717, 1.165) is 5.57 Å². The second kappa shape index (κ2) is 16.1. The van der Waals surface area contributed by atoms with Gasteiger partial charge in [0.15, 0.2) is 0 Å². The van der Waals surface area contributed by atoms with Crippen molar-refractivity contribution in [3.63, 3.8) is 0 Å². The van der Waals surface area contributed by atoms with Gasteiger partial charge in [0.1, 0.15) is 17.2 Å². The highest BCUT2D eigenvalue weighted by Crippen LogP contribution is 2.28. The van der Waals surface area contributed by atoms with Gasteiger partial charge in [-0.05, 0) is 39.3 Å². The van der Waals surface area contributed by atoms with E-state index in [4.69, 9.17) is 4.74 Å². The number of aliphatic hydroxyl groups excluding tert-OH is 6. The van der Waals surface area contributed by atoms with E-state index < -0.39 is 54.4 Å². The summed E-state index contributed by atoms with van der Waals surface area (Å²) in [5.74, 6) is -2.19. The first-order valence-corrected chi connectivity index (χ1v) is 14.3. The number of aliphatic hydroxyl groups is 6. The average Bonchev–Trinajstić information content (AvgIpc) is 3.37. The molecule has 0 fully saturated rings. The number of ether oxygens (including phenoxy) is 1. The van der Waals surface area contributed by atoms with Crippen LogP contribution in [0.5, 0.6) is 0 Å². The quantitative estimate of drug-likeness (QED) is 0.211. The highest BCUT2D eigenvalue weighted by Gasteiger charge is 2.35. The lowest BCUT2D eigenvalue weighted by atomic mass is 9.87. The summed E-state index contributed by atoms with van der Waals surface area (Å²) in [7, 11) is 0. The Balaban J connectivity index is 2.35. The van der Waals surface area contributed by atoms with Crippen LogP contribution in [0.4, 0.5) is 0 Å². The van der Waals surface area contributed by atoms with Gasteiger partial charge in [0, 0.05) is 29.7 Å². The first-order chi connectivity index (χ1) is 18.9. The summed E-state index contributed by atoms with van der Waals surface area (Å²) in [5.41, 5.74) is 2.19. The molecule has 1 aliphatic heterocycles. The SMILES string of the molecule is C/C=C(C)/C=C(\C)C(O)C(C)C(O)C(O)C1C/C=C\C=C\C(O)CC(O)C(CO)c2nc(cs2)/C=C(\C)C(=O)O1. The molecule has 8 atom stereocenters. The third-order valence-electron chi connectivity index (χ3n) is 7.04. The Kier molecular flexibility index (Phi) is 13.6. The van der Waals surface area contributed by atoms with Crippen molar-refractivity contribution in [3.8, 4) is 0 Å². The zero-order valence-corrected chi connectivity index (χ0v) is 24.5. The zero-order valence-electron chi connectivity index (χ0n) is 23.7. The third-order valence-corrected chi connectivity index (χ3v) is 8.03. The maximum atomic E-state index is 13.0. The Bertz CT molecular complexity index is 1120. The van der Waals surface area contributed by atoms with Crippen LogP contribution in [-0.4, -0.2) is 84.8 Å². The molecule has 9 nitrogen and oxygen atoms in total. The minimum atomic E-state index is -1.51. The van der Waals surface area contributed by atoms with Crippen molar-refractivity contribution in [1.82, 2.24) is 4.98 Å². The molecule has 6 N–H and O–H groups in total. The Morgan fingerprint density at radius 2 is 1.93 bits per heavy atom. The molecule has 2 bridgehead atoms. The van der Waals surface area contributed by atoms with Crippen LogP contribution < -0.4 is 0 Å². The Morgan fingerprint density at radius 1 is 1.23 bits per heavy atom. The summed E-state index contributed by atoms with van der Waals surface area (Å²) in [5, 5.41) is 65.7. The Labute approximate surface area is 240 Å². The molecule has 1 aromatic heterocycles. The number of fused-ring (bicyclic) bond motifs is 2. The lowest BCUT2D eigenvalue weighted by Crippen LogP contribution is -2.46. The molecular formula is C30H43NO8S. The molecule has 2 heterocycles.